The van der Waals surface area contributed by atoms with Crippen LogP contribution in [0.3, 0.4) is 0 Å². The van der Waals surface area contributed by atoms with Gasteiger partial charge in [-0.3, -0.25) is 0 Å². The molecule has 1 heterocycles. The molecule has 0 amide bonds. The summed E-state index contributed by atoms with van der Waals surface area (Å²) in [5, 5.41) is 1.32. The van der Waals surface area contributed by atoms with E-state index in [1.54, 1.807) is 0 Å². The number of nitrogens with zero attached hydrogens (tertiary/aromatic N) is 1. The lowest BCUT2D eigenvalue weighted by molar-refractivity contribution is 0.574. The number of para-hydroxylation sites is 1. The van der Waals surface area contributed by atoms with Crippen molar-refractivity contribution in [2.45, 2.75) is 13.3 Å². The van der Waals surface area contributed by atoms with Crippen LogP contribution in [-0.2, 0) is 13.5 Å². The highest BCUT2D eigenvalue weighted by Crippen LogP contribution is 2.20. The van der Waals surface area contributed by atoms with E-state index in [0.29, 0.717) is 5.92 Å². The Morgan fingerprint density at radius 1 is 1.33 bits per heavy atom. The fraction of sp³-hybridized carbons (Fsp3) is 0.385. The molecule has 0 fully saturated rings. The predicted octanol–water partition coefficient (Wildman–Crippen LogP) is 2.32. The molecule has 0 bridgehead atoms. The molecule has 2 nitrogen and oxygen atoms in total. The molecule has 80 valence electrons. The van der Waals surface area contributed by atoms with Gasteiger partial charge in [0.25, 0.3) is 0 Å². The summed E-state index contributed by atoms with van der Waals surface area (Å²) in [4.78, 5) is 0. The van der Waals surface area contributed by atoms with E-state index in [1.165, 1.54) is 16.6 Å². The van der Waals surface area contributed by atoms with Crippen molar-refractivity contribution >= 4 is 10.9 Å². The first-order valence-corrected chi connectivity index (χ1v) is 5.45. The summed E-state index contributed by atoms with van der Waals surface area (Å²) >= 11 is 0. The smallest absolute Gasteiger partial charge is 0.0479 e. The maximum Gasteiger partial charge on any atom is 0.0479 e. The minimum atomic E-state index is 0.549. The Bertz CT molecular complexity index is 457. The van der Waals surface area contributed by atoms with Gasteiger partial charge >= 0.3 is 0 Å². The van der Waals surface area contributed by atoms with Gasteiger partial charge in [0.15, 0.2) is 0 Å². The van der Waals surface area contributed by atoms with E-state index < -0.39 is 0 Å². The third-order valence-electron chi connectivity index (χ3n) is 3.01. The van der Waals surface area contributed by atoms with E-state index in [-0.39, 0.29) is 0 Å². The quantitative estimate of drug-likeness (QED) is 0.813. The number of hydrogen-bond donors (Lipinski definition) is 1. The van der Waals surface area contributed by atoms with Crippen molar-refractivity contribution in [2.75, 3.05) is 6.54 Å². The Morgan fingerprint density at radius 2 is 2.07 bits per heavy atom. The van der Waals surface area contributed by atoms with Crippen LogP contribution < -0.4 is 5.73 Å². The summed E-state index contributed by atoms with van der Waals surface area (Å²) in [5.41, 5.74) is 8.33. The average molecular weight is 202 g/mol. The first kappa shape index (κ1) is 10.2. The SMILES string of the molecule is CC(CN)Cc1cc2ccccc2n1C. The second-order valence-electron chi connectivity index (χ2n) is 4.30. The maximum atomic E-state index is 5.65. The van der Waals surface area contributed by atoms with Gasteiger partial charge in [-0.05, 0) is 36.4 Å². The fourth-order valence-electron chi connectivity index (χ4n) is 1.98. The zero-order valence-corrected chi connectivity index (χ0v) is 9.40. The summed E-state index contributed by atoms with van der Waals surface area (Å²) in [5.74, 6) is 0.549. The van der Waals surface area contributed by atoms with E-state index >= 15 is 0 Å². The third-order valence-corrected chi connectivity index (χ3v) is 3.01. The Morgan fingerprint density at radius 3 is 2.73 bits per heavy atom. The maximum absolute atomic E-state index is 5.65. The molecule has 0 aliphatic heterocycles. The molecule has 1 unspecified atom stereocenters. The molecule has 1 aromatic carbocycles. The van der Waals surface area contributed by atoms with Crippen LogP contribution in [0.2, 0.25) is 0 Å². The van der Waals surface area contributed by atoms with Gasteiger partial charge in [-0.2, -0.15) is 0 Å². The van der Waals surface area contributed by atoms with Gasteiger partial charge in [0.05, 0.1) is 0 Å². The Kier molecular flexibility index (Phi) is 2.78. The molecule has 2 N–H and O–H groups in total. The number of benzene rings is 1. The first-order chi connectivity index (χ1) is 7.22. The summed E-state index contributed by atoms with van der Waals surface area (Å²) in [6, 6.07) is 10.7. The van der Waals surface area contributed by atoms with Crippen LogP contribution in [0.5, 0.6) is 0 Å². The molecule has 0 saturated carbocycles. The van der Waals surface area contributed by atoms with E-state index in [9.17, 15) is 0 Å². The predicted molar refractivity (Wildman–Crippen MR) is 64.8 cm³/mol. The van der Waals surface area contributed by atoms with Crippen LogP contribution in [0.1, 0.15) is 12.6 Å². The number of nitrogens with two attached hydrogens (primary N) is 1. The van der Waals surface area contributed by atoms with Crippen LogP contribution in [0.4, 0.5) is 0 Å². The minimum Gasteiger partial charge on any atom is -0.348 e. The van der Waals surface area contributed by atoms with Gasteiger partial charge in [0.2, 0.25) is 0 Å². The Hall–Kier alpha value is -1.28. The Labute approximate surface area is 90.7 Å². The molecule has 2 aromatic rings. The second-order valence-corrected chi connectivity index (χ2v) is 4.30. The number of aryl methyl sites for hydroxylation is 1. The molecule has 0 radical (unpaired) electrons. The lowest BCUT2D eigenvalue weighted by Crippen LogP contribution is -2.14. The van der Waals surface area contributed by atoms with Crippen molar-refractivity contribution in [1.82, 2.24) is 4.57 Å². The normalized spacial score (nSPS) is 13.3. The number of rotatable bonds is 3. The van der Waals surface area contributed by atoms with Crippen molar-refractivity contribution in [3.8, 4) is 0 Å². The molecule has 15 heavy (non-hydrogen) atoms. The Balaban J connectivity index is 2.40. The largest absolute Gasteiger partial charge is 0.348 e. The molecule has 2 rings (SSSR count). The van der Waals surface area contributed by atoms with Crippen LogP contribution in [0, 0.1) is 5.92 Å². The number of aromatic nitrogens is 1. The van der Waals surface area contributed by atoms with E-state index in [4.69, 9.17) is 5.73 Å². The molecule has 0 aliphatic carbocycles. The van der Waals surface area contributed by atoms with Gasteiger partial charge in [0.1, 0.15) is 0 Å². The van der Waals surface area contributed by atoms with E-state index in [0.717, 1.165) is 13.0 Å². The van der Waals surface area contributed by atoms with Gasteiger partial charge in [-0.1, -0.05) is 25.1 Å². The molecule has 0 spiro atoms. The van der Waals surface area contributed by atoms with Crippen molar-refractivity contribution < 1.29 is 0 Å². The summed E-state index contributed by atoms with van der Waals surface area (Å²) in [6.45, 7) is 2.94. The lowest BCUT2D eigenvalue weighted by atomic mass is 10.1. The molecule has 0 saturated heterocycles. The zero-order valence-electron chi connectivity index (χ0n) is 9.40. The highest BCUT2D eigenvalue weighted by Gasteiger charge is 2.07. The van der Waals surface area contributed by atoms with Crippen LogP contribution in [-0.4, -0.2) is 11.1 Å². The van der Waals surface area contributed by atoms with Gasteiger partial charge in [-0.15, -0.1) is 0 Å². The second kappa shape index (κ2) is 4.07. The molecule has 1 aromatic heterocycles. The lowest BCUT2D eigenvalue weighted by Gasteiger charge is -2.09. The van der Waals surface area contributed by atoms with Gasteiger partial charge in [0, 0.05) is 18.3 Å². The molecule has 0 aliphatic rings. The summed E-state index contributed by atoms with van der Waals surface area (Å²) in [7, 11) is 2.13. The fourth-order valence-corrected chi connectivity index (χ4v) is 1.98. The van der Waals surface area contributed by atoms with Gasteiger partial charge in [-0.25, -0.2) is 0 Å². The van der Waals surface area contributed by atoms with Gasteiger partial charge < -0.3 is 10.3 Å². The molecular formula is C13H18N2. The zero-order chi connectivity index (χ0) is 10.8. The van der Waals surface area contributed by atoms with Crippen LogP contribution in [0.25, 0.3) is 10.9 Å². The standard InChI is InChI=1S/C13H18N2/c1-10(9-14)7-12-8-11-5-3-4-6-13(11)15(12)2/h3-6,8,10H,7,9,14H2,1-2H3. The monoisotopic (exact) mass is 202 g/mol. The number of hydrogen-bond acceptors (Lipinski definition) is 1. The van der Waals surface area contributed by atoms with E-state index in [2.05, 4.69) is 48.9 Å². The molecule has 1 atom stereocenters. The van der Waals surface area contributed by atoms with E-state index in [1.807, 2.05) is 0 Å². The highest BCUT2D eigenvalue weighted by molar-refractivity contribution is 5.81. The third kappa shape index (κ3) is 1.90. The van der Waals surface area contributed by atoms with Crippen molar-refractivity contribution in [2.24, 2.45) is 18.7 Å². The van der Waals surface area contributed by atoms with Crippen molar-refractivity contribution in [1.29, 1.82) is 0 Å². The average Bonchev–Trinajstić information content (AvgIpc) is 2.57. The topological polar surface area (TPSA) is 30.9 Å². The van der Waals surface area contributed by atoms with Crippen molar-refractivity contribution in [3.05, 3.63) is 36.0 Å². The molecular weight excluding hydrogens is 184 g/mol. The summed E-state index contributed by atoms with van der Waals surface area (Å²) in [6.07, 6.45) is 1.06. The van der Waals surface area contributed by atoms with Crippen LogP contribution >= 0.6 is 0 Å². The number of fused-ring (bicyclic) bond motifs is 1. The highest BCUT2D eigenvalue weighted by atomic mass is 14.9. The van der Waals surface area contributed by atoms with Crippen molar-refractivity contribution in [3.63, 3.8) is 0 Å². The first-order valence-electron chi connectivity index (χ1n) is 5.45. The molecule has 2 heteroatoms. The summed E-state index contributed by atoms with van der Waals surface area (Å²) < 4.78 is 2.27. The van der Waals surface area contributed by atoms with Crippen LogP contribution in [0.15, 0.2) is 30.3 Å². The minimum absolute atomic E-state index is 0.549.